The first-order valence-electron chi connectivity index (χ1n) is 5.02. The van der Waals surface area contributed by atoms with E-state index in [4.69, 9.17) is 0 Å². The lowest BCUT2D eigenvalue weighted by Gasteiger charge is -2.08. The lowest BCUT2D eigenvalue weighted by atomic mass is 10.00. The van der Waals surface area contributed by atoms with E-state index in [1.807, 2.05) is 30.3 Å². The summed E-state index contributed by atoms with van der Waals surface area (Å²) in [6.07, 6.45) is 0. The van der Waals surface area contributed by atoms with E-state index in [2.05, 4.69) is 4.74 Å². The molecule has 0 aliphatic carbocycles. The van der Waals surface area contributed by atoms with Gasteiger partial charge in [-0.1, -0.05) is 30.3 Å². The molecular formula is C12H12O3S. The van der Waals surface area contributed by atoms with Crippen LogP contribution in [0.25, 0.3) is 0 Å². The van der Waals surface area contributed by atoms with E-state index < -0.39 is 11.9 Å². The van der Waals surface area contributed by atoms with Crippen molar-refractivity contribution in [3.8, 4) is 0 Å². The topological polar surface area (TPSA) is 43.4 Å². The average molecular weight is 236 g/mol. The molecular weight excluding hydrogens is 224 g/mol. The summed E-state index contributed by atoms with van der Waals surface area (Å²) in [4.78, 5) is 23.3. The Morgan fingerprint density at radius 1 is 1.38 bits per heavy atom. The fourth-order valence-electron chi connectivity index (χ4n) is 1.75. The largest absolute Gasteiger partial charge is 0.468 e. The Morgan fingerprint density at radius 3 is 2.69 bits per heavy atom. The van der Waals surface area contributed by atoms with Crippen molar-refractivity contribution in [2.75, 3.05) is 12.9 Å². The molecule has 0 bridgehead atoms. The molecule has 1 aliphatic rings. The molecule has 0 saturated carbocycles. The lowest BCUT2D eigenvalue weighted by Crippen LogP contribution is -2.24. The summed E-state index contributed by atoms with van der Waals surface area (Å²) in [5.74, 6) is -0.537. The van der Waals surface area contributed by atoms with Gasteiger partial charge in [-0.2, -0.15) is 0 Å². The molecule has 1 heterocycles. The monoisotopic (exact) mass is 236 g/mol. The van der Waals surface area contributed by atoms with E-state index in [1.165, 1.54) is 18.9 Å². The van der Waals surface area contributed by atoms with Crippen molar-refractivity contribution in [1.29, 1.82) is 0 Å². The molecule has 2 rings (SSSR count). The minimum absolute atomic E-state index is 0.0388. The lowest BCUT2D eigenvalue weighted by molar-refractivity contribution is -0.147. The maximum atomic E-state index is 12.0. The molecule has 4 heteroatoms. The Morgan fingerprint density at radius 2 is 2.06 bits per heavy atom. The smallest absolute Gasteiger partial charge is 0.317 e. The summed E-state index contributed by atoms with van der Waals surface area (Å²) in [6, 6.07) is 9.53. The number of hydrogen-bond donors (Lipinski definition) is 0. The van der Waals surface area contributed by atoms with Gasteiger partial charge in [-0.05, 0) is 5.56 Å². The van der Waals surface area contributed by atoms with E-state index >= 15 is 0 Å². The summed E-state index contributed by atoms with van der Waals surface area (Å²) in [5, 5.41) is -0.217. The maximum Gasteiger partial charge on any atom is 0.317 e. The third-order valence-electron chi connectivity index (χ3n) is 2.62. The normalized spacial score (nSPS) is 24.4. The van der Waals surface area contributed by atoms with Crippen molar-refractivity contribution in [3.63, 3.8) is 0 Å². The highest BCUT2D eigenvalue weighted by molar-refractivity contribution is 8.00. The summed E-state index contributed by atoms with van der Waals surface area (Å²) in [6.45, 7) is 0. The predicted octanol–water partition coefficient (Wildman–Crippen LogP) is 1.83. The summed E-state index contributed by atoms with van der Waals surface area (Å²) in [7, 11) is 1.32. The zero-order chi connectivity index (χ0) is 11.5. The van der Waals surface area contributed by atoms with Crippen molar-refractivity contribution in [3.05, 3.63) is 35.9 Å². The van der Waals surface area contributed by atoms with Gasteiger partial charge in [0.25, 0.3) is 0 Å². The van der Waals surface area contributed by atoms with Crippen LogP contribution in [0, 0.1) is 5.92 Å². The SMILES string of the molecule is COC(=O)C1CSC(c2ccccc2)C1=O. The molecule has 1 aliphatic heterocycles. The van der Waals surface area contributed by atoms with E-state index in [1.54, 1.807) is 0 Å². The molecule has 0 amide bonds. The maximum absolute atomic E-state index is 12.0. The second kappa shape index (κ2) is 4.70. The van der Waals surface area contributed by atoms with Crippen LogP contribution in [-0.2, 0) is 14.3 Å². The number of thioether (sulfide) groups is 1. The summed E-state index contributed by atoms with van der Waals surface area (Å²) < 4.78 is 4.62. The van der Waals surface area contributed by atoms with Gasteiger partial charge in [0.05, 0.1) is 12.4 Å². The van der Waals surface area contributed by atoms with Crippen LogP contribution in [0.1, 0.15) is 10.8 Å². The fraction of sp³-hybridized carbons (Fsp3) is 0.333. The van der Waals surface area contributed by atoms with E-state index in [0.717, 1.165) is 5.56 Å². The Bertz CT molecular complexity index is 402. The number of ketones is 1. The number of carbonyl (C=O) groups is 2. The third-order valence-corrected chi connectivity index (χ3v) is 3.98. The molecule has 1 fully saturated rings. The molecule has 0 spiro atoms. The molecule has 0 aromatic heterocycles. The number of hydrogen-bond acceptors (Lipinski definition) is 4. The van der Waals surface area contributed by atoms with Gasteiger partial charge in [0.2, 0.25) is 0 Å². The van der Waals surface area contributed by atoms with Gasteiger partial charge in [0, 0.05) is 5.75 Å². The van der Waals surface area contributed by atoms with Gasteiger partial charge in [0.1, 0.15) is 5.92 Å². The Hall–Kier alpha value is -1.29. The van der Waals surface area contributed by atoms with Gasteiger partial charge in [0.15, 0.2) is 5.78 Å². The first kappa shape index (κ1) is 11.2. The van der Waals surface area contributed by atoms with Crippen LogP contribution in [-0.4, -0.2) is 24.6 Å². The number of carbonyl (C=O) groups excluding carboxylic acids is 2. The molecule has 1 aromatic carbocycles. The van der Waals surface area contributed by atoms with Crippen molar-refractivity contribution >= 4 is 23.5 Å². The minimum Gasteiger partial charge on any atom is -0.468 e. The number of methoxy groups -OCH3 is 1. The number of ether oxygens (including phenoxy) is 1. The van der Waals surface area contributed by atoms with Gasteiger partial charge in [-0.25, -0.2) is 0 Å². The molecule has 1 aromatic rings. The second-order valence-corrected chi connectivity index (χ2v) is 4.74. The Balaban J connectivity index is 2.17. The molecule has 16 heavy (non-hydrogen) atoms. The van der Waals surface area contributed by atoms with Crippen molar-refractivity contribution in [1.82, 2.24) is 0 Å². The zero-order valence-electron chi connectivity index (χ0n) is 8.88. The highest BCUT2D eigenvalue weighted by atomic mass is 32.2. The molecule has 0 N–H and O–H groups in total. The van der Waals surface area contributed by atoms with Crippen molar-refractivity contribution in [2.24, 2.45) is 5.92 Å². The number of rotatable bonds is 2. The summed E-state index contributed by atoms with van der Waals surface area (Å²) in [5.41, 5.74) is 0.962. The predicted molar refractivity (Wildman–Crippen MR) is 62.2 cm³/mol. The second-order valence-electron chi connectivity index (χ2n) is 3.60. The third kappa shape index (κ3) is 1.97. The molecule has 1 saturated heterocycles. The van der Waals surface area contributed by atoms with Crippen LogP contribution in [0.3, 0.4) is 0 Å². The van der Waals surface area contributed by atoms with Crippen LogP contribution in [0.15, 0.2) is 30.3 Å². The van der Waals surface area contributed by atoms with Gasteiger partial charge < -0.3 is 4.74 Å². The van der Waals surface area contributed by atoms with Gasteiger partial charge in [-0.3, -0.25) is 9.59 Å². The first-order chi connectivity index (χ1) is 7.74. The van der Waals surface area contributed by atoms with Crippen LogP contribution in [0.5, 0.6) is 0 Å². The van der Waals surface area contributed by atoms with E-state index in [-0.39, 0.29) is 11.0 Å². The van der Waals surface area contributed by atoms with Crippen molar-refractivity contribution < 1.29 is 14.3 Å². The number of Topliss-reactive ketones (excluding diaryl/α,β-unsaturated/α-hetero) is 1. The van der Waals surface area contributed by atoms with Crippen LogP contribution in [0.2, 0.25) is 0 Å². The summed E-state index contributed by atoms with van der Waals surface area (Å²) >= 11 is 1.50. The Kier molecular flexibility index (Phi) is 3.29. The molecule has 84 valence electrons. The number of benzene rings is 1. The van der Waals surface area contributed by atoms with Crippen LogP contribution < -0.4 is 0 Å². The van der Waals surface area contributed by atoms with Crippen LogP contribution in [0.4, 0.5) is 0 Å². The highest BCUT2D eigenvalue weighted by Crippen LogP contribution is 2.40. The molecule has 2 atom stereocenters. The molecule has 0 radical (unpaired) electrons. The highest BCUT2D eigenvalue weighted by Gasteiger charge is 2.40. The fourth-order valence-corrected chi connectivity index (χ4v) is 3.12. The van der Waals surface area contributed by atoms with Crippen LogP contribution >= 0.6 is 11.8 Å². The average Bonchev–Trinajstić information content (AvgIpc) is 2.71. The van der Waals surface area contributed by atoms with E-state index in [0.29, 0.717) is 5.75 Å². The number of esters is 1. The van der Waals surface area contributed by atoms with E-state index in [9.17, 15) is 9.59 Å². The van der Waals surface area contributed by atoms with Gasteiger partial charge in [-0.15, -0.1) is 11.8 Å². The van der Waals surface area contributed by atoms with Gasteiger partial charge >= 0.3 is 5.97 Å². The standard InChI is InChI=1S/C12H12O3S/c1-15-12(14)9-7-16-11(10(9)13)8-5-3-2-4-6-8/h2-6,9,11H,7H2,1H3. The Labute approximate surface area is 98.2 Å². The minimum atomic E-state index is -0.597. The van der Waals surface area contributed by atoms with Crippen molar-refractivity contribution in [2.45, 2.75) is 5.25 Å². The quantitative estimate of drug-likeness (QED) is 0.580. The first-order valence-corrected chi connectivity index (χ1v) is 6.07. The molecule has 2 unspecified atom stereocenters. The zero-order valence-corrected chi connectivity index (χ0v) is 9.70. The molecule has 3 nitrogen and oxygen atoms in total.